The Hall–Kier alpha value is -1.36. The number of carbonyl (C=O) groups excluding carboxylic acids is 1. The normalized spacial score (nSPS) is 24.0. The van der Waals surface area contributed by atoms with Crippen LogP contribution in [0.5, 0.6) is 0 Å². The Labute approximate surface area is 270 Å². The number of esters is 1. The van der Waals surface area contributed by atoms with Crippen LogP contribution in [0.15, 0.2) is 11.1 Å². The molecule has 1 N–H and O–H groups in total. The Morgan fingerprint density at radius 2 is 0.841 bits per heavy atom. The van der Waals surface area contributed by atoms with Crippen molar-refractivity contribution >= 4 is 11.9 Å². The highest BCUT2D eigenvalue weighted by molar-refractivity contribution is 6.00. The lowest BCUT2D eigenvalue weighted by Gasteiger charge is -2.54. The third-order valence-corrected chi connectivity index (χ3v) is 11.8. The standard InChI is InChI=1S/C39H68O5/c1-31(37(40)41)36(38(42)44-32(2)43-3)39(33-25-19-13-7-4-8-14-20-26-33,34-27-21-15-9-5-10-16-22-28-34)35-29-23-17-11-6-12-18-24-30-35/h32-35H,4-30H2,1-3H3,(H,40,41)/b36-31-. The highest BCUT2D eigenvalue weighted by Crippen LogP contribution is 2.59. The average Bonchev–Trinajstić information content (AvgIpc) is 3.03. The molecular weight excluding hydrogens is 548 g/mol. The first-order chi connectivity index (χ1) is 21.4. The Morgan fingerprint density at radius 3 is 1.09 bits per heavy atom. The van der Waals surface area contributed by atoms with Crippen molar-refractivity contribution in [2.24, 2.45) is 23.2 Å². The van der Waals surface area contributed by atoms with Crippen molar-refractivity contribution in [3.05, 3.63) is 11.1 Å². The summed E-state index contributed by atoms with van der Waals surface area (Å²) in [4.78, 5) is 27.7. The molecule has 0 aliphatic heterocycles. The molecule has 0 heterocycles. The lowest BCUT2D eigenvalue weighted by molar-refractivity contribution is -0.169. The molecule has 3 aliphatic carbocycles. The minimum absolute atomic E-state index is 0.226. The number of methoxy groups -OCH3 is 1. The summed E-state index contributed by atoms with van der Waals surface area (Å²) < 4.78 is 11.5. The van der Waals surface area contributed by atoms with E-state index in [9.17, 15) is 14.7 Å². The summed E-state index contributed by atoms with van der Waals surface area (Å²) in [6, 6.07) is 0. The van der Waals surface area contributed by atoms with Crippen molar-refractivity contribution in [3.63, 3.8) is 0 Å². The first-order valence-corrected chi connectivity index (χ1v) is 19.1. The van der Waals surface area contributed by atoms with Gasteiger partial charge in [0.2, 0.25) is 0 Å². The fourth-order valence-corrected chi connectivity index (χ4v) is 9.49. The summed E-state index contributed by atoms with van der Waals surface area (Å²) in [6.45, 7) is 3.47. The highest BCUT2D eigenvalue weighted by Gasteiger charge is 2.55. The summed E-state index contributed by atoms with van der Waals surface area (Å²) in [5.41, 5.74) is 0.273. The van der Waals surface area contributed by atoms with Crippen LogP contribution >= 0.6 is 0 Å². The molecule has 5 nitrogen and oxygen atoms in total. The van der Waals surface area contributed by atoms with Crippen molar-refractivity contribution in [1.29, 1.82) is 0 Å². The number of carboxylic acid groups (broad SMARTS) is 1. The minimum Gasteiger partial charge on any atom is -0.478 e. The average molecular weight is 617 g/mol. The van der Waals surface area contributed by atoms with Crippen LogP contribution in [-0.4, -0.2) is 30.4 Å². The van der Waals surface area contributed by atoms with Gasteiger partial charge in [0.15, 0.2) is 6.29 Å². The van der Waals surface area contributed by atoms with Gasteiger partial charge in [0.05, 0.1) is 5.57 Å². The van der Waals surface area contributed by atoms with E-state index in [1.165, 1.54) is 135 Å². The summed E-state index contributed by atoms with van der Waals surface area (Å²) in [6.07, 6.45) is 32.0. The van der Waals surface area contributed by atoms with Gasteiger partial charge in [-0.2, -0.15) is 0 Å². The number of ether oxygens (including phenoxy) is 2. The molecule has 5 heteroatoms. The van der Waals surface area contributed by atoms with Crippen molar-refractivity contribution in [2.75, 3.05) is 7.11 Å². The van der Waals surface area contributed by atoms with Crippen LogP contribution in [0.2, 0.25) is 0 Å². The summed E-state index contributed by atoms with van der Waals surface area (Å²) in [5, 5.41) is 10.7. The van der Waals surface area contributed by atoms with E-state index < -0.39 is 23.6 Å². The van der Waals surface area contributed by atoms with E-state index in [-0.39, 0.29) is 5.57 Å². The van der Waals surface area contributed by atoms with Gasteiger partial charge in [-0.25, -0.2) is 9.59 Å². The van der Waals surface area contributed by atoms with Gasteiger partial charge in [0.1, 0.15) is 0 Å². The molecule has 0 bridgehead atoms. The molecule has 3 fully saturated rings. The Morgan fingerprint density at radius 1 is 0.568 bits per heavy atom. The fraction of sp³-hybridized carbons (Fsp3) is 0.897. The summed E-state index contributed by atoms with van der Waals surface area (Å²) >= 11 is 0. The first-order valence-electron chi connectivity index (χ1n) is 19.1. The van der Waals surface area contributed by atoms with Gasteiger partial charge in [-0.1, -0.05) is 135 Å². The van der Waals surface area contributed by atoms with Gasteiger partial charge in [0, 0.05) is 18.1 Å². The second-order valence-electron chi connectivity index (χ2n) is 14.7. The van der Waals surface area contributed by atoms with E-state index in [1.54, 1.807) is 21.0 Å². The zero-order chi connectivity index (χ0) is 31.6. The van der Waals surface area contributed by atoms with Gasteiger partial charge in [-0.05, 0) is 70.1 Å². The van der Waals surface area contributed by atoms with E-state index in [0.29, 0.717) is 23.3 Å². The Kier molecular flexibility index (Phi) is 17.5. The lowest BCUT2D eigenvalue weighted by atomic mass is 9.49. The molecule has 1 unspecified atom stereocenters. The molecule has 3 saturated carbocycles. The Balaban J connectivity index is 2.31. The van der Waals surface area contributed by atoms with Crippen LogP contribution in [0.1, 0.15) is 187 Å². The van der Waals surface area contributed by atoms with Crippen LogP contribution < -0.4 is 0 Å². The third-order valence-electron chi connectivity index (χ3n) is 11.8. The molecule has 3 aliphatic rings. The van der Waals surface area contributed by atoms with Crippen LogP contribution in [0.3, 0.4) is 0 Å². The molecule has 0 aromatic carbocycles. The highest BCUT2D eigenvalue weighted by atomic mass is 16.7. The van der Waals surface area contributed by atoms with Crippen LogP contribution in [-0.2, 0) is 19.1 Å². The fourth-order valence-electron chi connectivity index (χ4n) is 9.49. The molecule has 0 aromatic heterocycles. The molecule has 0 aromatic rings. The molecule has 0 saturated heterocycles. The maximum absolute atomic E-state index is 14.6. The predicted molar refractivity (Wildman–Crippen MR) is 180 cm³/mol. The molecule has 254 valence electrons. The van der Waals surface area contributed by atoms with E-state index in [1.807, 2.05) is 0 Å². The SMILES string of the molecule is COC(C)OC(=O)/C(=C(\C)C(=O)O)C(C1CCCCCCCCC1)(C1CCCCCCCCC1)C1CCCCCCCCC1. The lowest BCUT2D eigenvalue weighted by Crippen LogP contribution is -2.50. The minimum atomic E-state index is -0.967. The molecule has 0 amide bonds. The summed E-state index contributed by atoms with van der Waals surface area (Å²) in [7, 11) is 1.56. The number of hydrogen-bond acceptors (Lipinski definition) is 4. The van der Waals surface area contributed by atoms with Crippen molar-refractivity contribution in [2.45, 2.75) is 193 Å². The van der Waals surface area contributed by atoms with Gasteiger partial charge >= 0.3 is 11.9 Å². The van der Waals surface area contributed by atoms with Gasteiger partial charge < -0.3 is 14.6 Å². The van der Waals surface area contributed by atoms with Crippen molar-refractivity contribution < 1.29 is 24.2 Å². The zero-order valence-corrected chi connectivity index (χ0v) is 29.0. The number of carboxylic acids is 1. The van der Waals surface area contributed by atoms with E-state index in [4.69, 9.17) is 9.47 Å². The second-order valence-corrected chi connectivity index (χ2v) is 14.7. The Bertz CT molecular complexity index is 768. The summed E-state index contributed by atoms with van der Waals surface area (Å²) in [5.74, 6) is -0.486. The molecule has 0 spiro atoms. The van der Waals surface area contributed by atoms with Crippen LogP contribution in [0.4, 0.5) is 0 Å². The maximum Gasteiger partial charge on any atom is 0.337 e. The predicted octanol–water partition coefficient (Wildman–Crippen LogP) is 11.3. The molecule has 3 rings (SSSR count). The number of hydrogen-bond donors (Lipinski definition) is 1. The van der Waals surface area contributed by atoms with Gasteiger partial charge in [-0.15, -0.1) is 0 Å². The zero-order valence-electron chi connectivity index (χ0n) is 29.0. The molecule has 44 heavy (non-hydrogen) atoms. The van der Waals surface area contributed by atoms with Crippen LogP contribution in [0.25, 0.3) is 0 Å². The number of carbonyl (C=O) groups is 2. The molecule has 1 atom stereocenters. The van der Waals surface area contributed by atoms with E-state index in [2.05, 4.69) is 0 Å². The van der Waals surface area contributed by atoms with Gasteiger partial charge in [0.25, 0.3) is 0 Å². The number of aliphatic carboxylic acids is 1. The van der Waals surface area contributed by atoms with Crippen molar-refractivity contribution in [1.82, 2.24) is 0 Å². The maximum atomic E-state index is 14.6. The molecular formula is C39H68O5. The molecule has 0 radical (unpaired) electrons. The largest absolute Gasteiger partial charge is 0.478 e. The first kappa shape index (κ1) is 37.1. The second kappa shape index (κ2) is 20.7. The monoisotopic (exact) mass is 617 g/mol. The van der Waals surface area contributed by atoms with Gasteiger partial charge in [-0.3, -0.25) is 0 Å². The van der Waals surface area contributed by atoms with Crippen LogP contribution in [0, 0.1) is 23.2 Å². The topological polar surface area (TPSA) is 72.8 Å². The quantitative estimate of drug-likeness (QED) is 0.167. The number of rotatable bonds is 8. The third kappa shape index (κ3) is 10.9. The van der Waals surface area contributed by atoms with E-state index >= 15 is 0 Å². The van der Waals surface area contributed by atoms with E-state index in [0.717, 1.165) is 38.5 Å². The van der Waals surface area contributed by atoms with Crippen molar-refractivity contribution in [3.8, 4) is 0 Å². The smallest absolute Gasteiger partial charge is 0.337 e.